The van der Waals surface area contributed by atoms with Crippen LogP contribution in [0.25, 0.3) is 5.65 Å². The first-order valence-electron chi connectivity index (χ1n) is 4.97. The molecule has 0 radical (unpaired) electrons. The first kappa shape index (κ1) is 9.12. The van der Waals surface area contributed by atoms with E-state index in [4.69, 9.17) is 16.3 Å². The van der Waals surface area contributed by atoms with Gasteiger partial charge in [-0.2, -0.15) is 0 Å². The summed E-state index contributed by atoms with van der Waals surface area (Å²) in [6.45, 7) is 0.806. The molecule has 15 heavy (non-hydrogen) atoms. The molecule has 78 valence electrons. The fourth-order valence-corrected chi connectivity index (χ4v) is 2.10. The van der Waals surface area contributed by atoms with E-state index in [1.54, 1.807) is 0 Å². The smallest absolute Gasteiger partial charge is 0.179 e. The Bertz CT molecular complexity index is 490. The molecular weight excluding hydrogens is 214 g/mol. The van der Waals surface area contributed by atoms with E-state index in [1.807, 2.05) is 22.7 Å². The molecule has 0 N–H and O–H groups in total. The van der Waals surface area contributed by atoms with Gasteiger partial charge in [0.25, 0.3) is 0 Å². The third kappa shape index (κ3) is 1.41. The molecule has 2 aromatic rings. The summed E-state index contributed by atoms with van der Waals surface area (Å²) in [5.74, 6) is 0.852. The van der Waals surface area contributed by atoms with Gasteiger partial charge in [0, 0.05) is 12.8 Å². The van der Waals surface area contributed by atoms with Gasteiger partial charge in [-0.3, -0.25) is 4.40 Å². The molecule has 0 amide bonds. The van der Waals surface area contributed by atoms with Gasteiger partial charge in [0.05, 0.1) is 5.02 Å². The minimum absolute atomic E-state index is 0.0680. The number of ether oxygens (including phenoxy) is 1. The SMILES string of the molecule is Clc1cccn2c(C3CCCO3)nnc12. The summed E-state index contributed by atoms with van der Waals surface area (Å²) in [5, 5.41) is 8.83. The molecule has 0 bridgehead atoms. The maximum Gasteiger partial charge on any atom is 0.179 e. The molecule has 0 aliphatic carbocycles. The van der Waals surface area contributed by atoms with Gasteiger partial charge in [-0.05, 0) is 25.0 Å². The first-order valence-corrected chi connectivity index (χ1v) is 5.35. The summed E-state index contributed by atoms with van der Waals surface area (Å²) in [6, 6.07) is 3.70. The third-order valence-corrected chi connectivity index (χ3v) is 2.93. The van der Waals surface area contributed by atoms with Crippen molar-refractivity contribution in [2.45, 2.75) is 18.9 Å². The number of pyridine rings is 1. The van der Waals surface area contributed by atoms with Gasteiger partial charge in [-0.25, -0.2) is 0 Å². The van der Waals surface area contributed by atoms with Crippen LogP contribution in [0.4, 0.5) is 0 Å². The van der Waals surface area contributed by atoms with Crippen molar-refractivity contribution in [1.29, 1.82) is 0 Å². The number of nitrogens with zero attached hydrogens (tertiary/aromatic N) is 3. The minimum atomic E-state index is 0.0680. The highest BCUT2D eigenvalue weighted by Gasteiger charge is 2.23. The molecular formula is C10H10ClN3O. The highest BCUT2D eigenvalue weighted by atomic mass is 35.5. The van der Waals surface area contributed by atoms with Crippen LogP contribution in [0.3, 0.4) is 0 Å². The lowest BCUT2D eigenvalue weighted by atomic mass is 10.2. The van der Waals surface area contributed by atoms with Gasteiger partial charge in [-0.1, -0.05) is 11.6 Å². The lowest BCUT2D eigenvalue weighted by molar-refractivity contribution is 0.104. The second-order valence-electron chi connectivity index (χ2n) is 3.61. The number of fused-ring (bicyclic) bond motifs is 1. The minimum Gasteiger partial charge on any atom is -0.370 e. The molecule has 0 aromatic carbocycles. The lowest BCUT2D eigenvalue weighted by Gasteiger charge is -2.06. The van der Waals surface area contributed by atoms with Crippen LogP contribution in [0.2, 0.25) is 5.02 Å². The molecule has 3 heterocycles. The Morgan fingerprint density at radius 3 is 3.20 bits per heavy atom. The Morgan fingerprint density at radius 2 is 2.40 bits per heavy atom. The van der Waals surface area contributed by atoms with Crippen LogP contribution in [0, 0.1) is 0 Å². The summed E-state index contributed by atoms with van der Waals surface area (Å²) >= 11 is 6.01. The van der Waals surface area contributed by atoms with E-state index in [9.17, 15) is 0 Å². The van der Waals surface area contributed by atoms with Crippen LogP contribution < -0.4 is 0 Å². The van der Waals surface area contributed by atoms with Gasteiger partial charge < -0.3 is 4.74 Å². The average Bonchev–Trinajstić information content (AvgIpc) is 2.85. The summed E-state index contributed by atoms with van der Waals surface area (Å²) in [4.78, 5) is 0. The Balaban J connectivity index is 2.15. The Kier molecular flexibility index (Phi) is 2.11. The summed E-state index contributed by atoms with van der Waals surface area (Å²) < 4.78 is 7.48. The fraction of sp³-hybridized carbons (Fsp3) is 0.400. The highest BCUT2D eigenvalue weighted by molar-refractivity contribution is 6.33. The second kappa shape index (κ2) is 3.47. The Labute approximate surface area is 91.8 Å². The van der Waals surface area contributed by atoms with Crippen molar-refractivity contribution in [1.82, 2.24) is 14.6 Å². The van der Waals surface area contributed by atoms with Crippen molar-refractivity contribution in [3.8, 4) is 0 Å². The molecule has 1 saturated heterocycles. The van der Waals surface area contributed by atoms with E-state index in [-0.39, 0.29) is 6.10 Å². The monoisotopic (exact) mass is 223 g/mol. The van der Waals surface area contributed by atoms with Gasteiger partial charge in [0.1, 0.15) is 6.10 Å². The second-order valence-corrected chi connectivity index (χ2v) is 4.02. The molecule has 0 spiro atoms. The van der Waals surface area contributed by atoms with Crippen LogP contribution in [0.1, 0.15) is 24.8 Å². The molecule has 1 fully saturated rings. The standard InChI is InChI=1S/C10H10ClN3O/c11-7-3-1-5-14-9(7)12-13-10(14)8-4-2-6-15-8/h1,3,5,8H,2,4,6H2. The summed E-state index contributed by atoms with van der Waals surface area (Å²) in [5.41, 5.74) is 0.699. The van der Waals surface area contributed by atoms with E-state index in [0.29, 0.717) is 10.7 Å². The van der Waals surface area contributed by atoms with E-state index < -0.39 is 0 Å². The molecule has 1 aliphatic rings. The molecule has 1 atom stereocenters. The van der Waals surface area contributed by atoms with E-state index in [1.165, 1.54) is 0 Å². The van der Waals surface area contributed by atoms with Crippen LogP contribution in [0.15, 0.2) is 18.3 Å². The van der Waals surface area contributed by atoms with Gasteiger partial charge >= 0.3 is 0 Å². The maximum absolute atomic E-state index is 6.01. The van der Waals surface area contributed by atoms with Crippen molar-refractivity contribution in [3.63, 3.8) is 0 Å². The molecule has 1 aliphatic heterocycles. The maximum atomic E-state index is 6.01. The third-order valence-electron chi connectivity index (χ3n) is 2.63. The van der Waals surface area contributed by atoms with Crippen LogP contribution >= 0.6 is 11.6 Å². The zero-order valence-electron chi connectivity index (χ0n) is 8.06. The normalized spacial score (nSPS) is 21.3. The number of hydrogen-bond donors (Lipinski definition) is 0. The Morgan fingerprint density at radius 1 is 1.47 bits per heavy atom. The van der Waals surface area contributed by atoms with Crippen LogP contribution in [-0.2, 0) is 4.74 Å². The predicted octanol–water partition coefficient (Wildman–Crippen LogP) is 2.23. The van der Waals surface area contributed by atoms with Crippen molar-refractivity contribution < 1.29 is 4.74 Å². The molecule has 3 rings (SSSR count). The van der Waals surface area contributed by atoms with Crippen molar-refractivity contribution >= 4 is 17.2 Å². The Hall–Kier alpha value is -1.13. The largest absolute Gasteiger partial charge is 0.370 e. The number of halogens is 1. The van der Waals surface area contributed by atoms with Crippen LogP contribution in [0.5, 0.6) is 0 Å². The topological polar surface area (TPSA) is 39.4 Å². The fourth-order valence-electron chi connectivity index (χ4n) is 1.90. The lowest BCUT2D eigenvalue weighted by Crippen LogP contribution is -2.02. The number of hydrogen-bond acceptors (Lipinski definition) is 3. The molecule has 0 saturated carbocycles. The summed E-state index contributed by atoms with van der Waals surface area (Å²) in [6.07, 6.45) is 4.07. The van der Waals surface area contributed by atoms with Gasteiger partial charge in [-0.15, -0.1) is 10.2 Å². The van der Waals surface area contributed by atoms with Crippen molar-refractivity contribution in [2.24, 2.45) is 0 Å². The number of aromatic nitrogens is 3. The predicted molar refractivity (Wildman–Crippen MR) is 55.9 cm³/mol. The van der Waals surface area contributed by atoms with E-state index in [2.05, 4.69) is 10.2 Å². The van der Waals surface area contributed by atoms with E-state index in [0.717, 1.165) is 25.3 Å². The highest BCUT2D eigenvalue weighted by Crippen LogP contribution is 2.28. The molecule has 5 heteroatoms. The average molecular weight is 224 g/mol. The zero-order chi connectivity index (χ0) is 10.3. The number of rotatable bonds is 1. The molecule has 2 aromatic heterocycles. The van der Waals surface area contributed by atoms with Gasteiger partial charge in [0.15, 0.2) is 11.5 Å². The van der Waals surface area contributed by atoms with Crippen molar-refractivity contribution in [3.05, 3.63) is 29.2 Å². The quantitative estimate of drug-likeness (QED) is 0.744. The van der Waals surface area contributed by atoms with Crippen LogP contribution in [-0.4, -0.2) is 21.2 Å². The zero-order valence-corrected chi connectivity index (χ0v) is 8.81. The van der Waals surface area contributed by atoms with Crippen molar-refractivity contribution in [2.75, 3.05) is 6.61 Å². The first-order chi connectivity index (χ1) is 7.36. The molecule has 4 nitrogen and oxygen atoms in total. The molecule has 1 unspecified atom stereocenters. The summed E-state index contributed by atoms with van der Waals surface area (Å²) in [7, 11) is 0. The van der Waals surface area contributed by atoms with E-state index >= 15 is 0 Å². The van der Waals surface area contributed by atoms with Gasteiger partial charge in [0.2, 0.25) is 0 Å².